The van der Waals surface area contributed by atoms with Gasteiger partial charge in [0.2, 0.25) is 0 Å². The van der Waals surface area contributed by atoms with Crippen LogP contribution >= 0.6 is 0 Å². The Morgan fingerprint density at radius 2 is 1.88 bits per heavy atom. The number of aromatic nitrogens is 1. The smallest absolute Gasteiger partial charge is 0.260 e. The summed E-state index contributed by atoms with van der Waals surface area (Å²) in [5, 5.41) is 0. The number of ether oxygens (including phenoxy) is 1. The van der Waals surface area contributed by atoms with Gasteiger partial charge in [0.1, 0.15) is 0 Å². The number of halogens is 1. The maximum atomic E-state index is 14.1. The molecular weight excluding hydrogens is 309 g/mol. The van der Waals surface area contributed by atoms with E-state index >= 15 is 0 Å². The first-order chi connectivity index (χ1) is 11.6. The number of hydrogen-bond acceptors (Lipinski definition) is 4. The SMILES string of the molecule is O=C(N1CCOC2(CCN(Cc3ccncc3)CC2)C1)C1(F)CC1. The minimum Gasteiger partial charge on any atom is -0.371 e. The summed E-state index contributed by atoms with van der Waals surface area (Å²) in [6, 6.07) is 4.08. The summed E-state index contributed by atoms with van der Waals surface area (Å²) in [6.45, 7) is 4.37. The molecule has 0 N–H and O–H groups in total. The van der Waals surface area contributed by atoms with Crippen molar-refractivity contribution in [1.29, 1.82) is 0 Å². The number of carbonyl (C=O) groups excluding carboxylic acids is 1. The largest absolute Gasteiger partial charge is 0.371 e. The van der Waals surface area contributed by atoms with Crippen molar-refractivity contribution in [3.05, 3.63) is 30.1 Å². The summed E-state index contributed by atoms with van der Waals surface area (Å²) in [5.74, 6) is -0.315. The van der Waals surface area contributed by atoms with Crippen LogP contribution in [0.1, 0.15) is 31.2 Å². The molecule has 1 amide bonds. The van der Waals surface area contributed by atoms with Gasteiger partial charge in [-0.3, -0.25) is 14.7 Å². The molecule has 4 rings (SSSR count). The fourth-order valence-electron chi connectivity index (χ4n) is 3.79. The van der Waals surface area contributed by atoms with Crippen LogP contribution in [-0.4, -0.2) is 64.7 Å². The number of carbonyl (C=O) groups is 1. The van der Waals surface area contributed by atoms with E-state index in [-0.39, 0.29) is 11.5 Å². The molecule has 0 bridgehead atoms. The molecule has 3 fully saturated rings. The van der Waals surface area contributed by atoms with Crippen LogP contribution in [0.15, 0.2) is 24.5 Å². The Balaban J connectivity index is 1.34. The molecule has 0 atom stereocenters. The molecule has 3 heterocycles. The van der Waals surface area contributed by atoms with Gasteiger partial charge in [-0.05, 0) is 43.4 Å². The van der Waals surface area contributed by atoms with Crippen LogP contribution in [0.2, 0.25) is 0 Å². The highest BCUT2D eigenvalue weighted by Gasteiger charge is 2.54. The Hall–Kier alpha value is -1.53. The molecule has 2 aliphatic heterocycles. The van der Waals surface area contributed by atoms with Gasteiger partial charge >= 0.3 is 0 Å². The number of amides is 1. The first-order valence-corrected chi connectivity index (χ1v) is 8.82. The van der Waals surface area contributed by atoms with Crippen LogP contribution in [0, 0.1) is 0 Å². The molecule has 1 aliphatic carbocycles. The lowest BCUT2D eigenvalue weighted by atomic mass is 9.89. The Labute approximate surface area is 141 Å². The Morgan fingerprint density at radius 3 is 2.54 bits per heavy atom. The third-order valence-electron chi connectivity index (χ3n) is 5.53. The van der Waals surface area contributed by atoms with Gasteiger partial charge in [-0.2, -0.15) is 0 Å². The monoisotopic (exact) mass is 333 g/mol. The van der Waals surface area contributed by atoms with Gasteiger partial charge in [0.05, 0.1) is 12.2 Å². The second-order valence-electron chi connectivity index (χ2n) is 7.36. The number of pyridine rings is 1. The van der Waals surface area contributed by atoms with Crippen molar-refractivity contribution >= 4 is 5.91 Å². The van der Waals surface area contributed by atoms with Crippen LogP contribution in [0.5, 0.6) is 0 Å². The van der Waals surface area contributed by atoms with Crippen molar-refractivity contribution in [2.45, 2.75) is 43.5 Å². The van der Waals surface area contributed by atoms with Crippen LogP contribution < -0.4 is 0 Å². The first-order valence-electron chi connectivity index (χ1n) is 8.82. The molecule has 0 aromatic carbocycles. The van der Waals surface area contributed by atoms with E-state index in [1.54, 1.807) is 4.90 Å². The molecule has 5 nitrogen and oxygen atoms in total. The van der Waals surface area contributed by atoms with E-state index in [1.807, 2.05) is 24.5 Å². The fraction of sp³-hybridized carbons (Fsp3) is 0.667. The zero-order valence-corrected chi connectivity index (χ0v) is 13.9. The molecule has 24 heavy (non-hydrogen) atoms. The molecule has 1 spiro atoms. The third-order valence-corrected chi connectivity index (χ3v) is 5.53. The lowest BCUT2D eigenvalue weighted by Crippen LogP contribution is -2.59. The molecule has 3 aliphatic rings. The average molecular weight is 333 g/mol. The molecule has 1 aromatic rings. The van der Waals surface area contributed by atoms with E-state index in [4.69, 9.17) is 4.74 Å². The van der Waals surface area contributed by atoms with Crippen molar-refractivity contribution in [3.63, 3.8) is 0 Å². The van der Waals surface area contributed by atoms with E-state index in [0.717, 1.165) is 32.5 Å². The van der Waals surface area contributed by atoms with E-state index in [0.29, 0.717) is 32.5 Å². The van der Waals surface area contributed by atoms with Gasteiger partial charge in [0.25, 0.3) is 5.91 Å². The van der Waals surface area contributed by atoms with E-state index in [9.17, 15) is 9.18 Å². The van der Waals surface area contributed by atoms with Gasteiger partial charge < -0.3 is 9.64 Å². The molecule has 130 valence electrons. The number of morpholine rings is 1. The molecule has 1 saturated carbocycles. The van der Waals surface area contributed by atoms with E-state index in [1.165, 1.54) is 5.56 Å². The Bertz CT molecular complexity index is 598. The number of hydrogen-bond donors (Lipinski definition) is 0. The summed E-state index contributed by atoms with van der Waals surface area (Å²) in [6.07, 6.45) is 6.19. The summed E-state index contributed by atoms with van der Waals surface area (Å²) in [4.78, 5) is 20.5. The predicted octanol–water partition coefficient (Wildman–Crippen LogP) is 1.78. The maximum absolute atomic E-state index is 14.1. The first kappa shape index (κ1) is 16.0. The van der Waals surface area contributed by atoms with Crippen molar-refractivity contribution in [3.8, 4) is 0 Å². The highest BCUT2D eigenvalue weighted by atomic mass is 19.1. The van der Waals surface area contributed by atoms with Crippen molar-refractivity contribution in [1.82, 2.24) is 14.8 Å². The summed E-state index contributed by atoms with van der Waals surface area (Å²) in [7, 11) is 0. The maximum Gasteiger partial charge on any atom is 0.260 e. The topological polar surface area (TPSA) is 45.7 Å². The number of piperidine rings is 1. The quantitative estimate of drug-likeness (QED) is 0.846. The van der Waals surface area contributed by atoms with Gasteiger partial charge in [0.15, 0.2) is 5.67 Å². The second-order valence-corrected chi connectivity index (χ2v) is 7.36. The Kier molecular flexibility index (Phi) is 4.04. The normalized spacial score (nSPS) is 25.6. The van der Waals surface area contributed by atoms with Gasteiger partial charge in [0, 0.05) is 45.1 Å². The van der Waals surface area contributed by atoms with E-state index in [2.05, 4.69) is 9.88 Å². The standard InChI is InChI=1S/C18H24FN3O2/c19-18(3-4-18)16(23)22-11-12-24-17(14-22)5-9-21(10-6-17)13-15-1-7-20-8-2-15/h1-2,7-8H,3-6,9-14H2. The fourth-order valence-corrected chi connectivity index (χ4v) is 3.79. The minimum atomic E-state index is -1.57. The highest BCUT2D eigenvalue weighted by molar-refractivity contribution is 5.88. The van der Waals surface area contributed by atoms with Crippen LogP contribution in [-0.2, 0) is 16.1 Å². The highest BCUT2D eigenvalue weighted by Crippen LogP contribution is 2.42. The zero-order chi connectivity index (χ0) is 16.6. The van der Waals surface area contributed by atoms with E-state index < -0.39 is 5.67 Å². The minimum absolute atomic E-state index is 0.284. The molecular formula is C18H24FN3O2. The molecule has 0 radical (unpaired) electrons. The Morgan fingerprint density at radius 1 is 1.17 bits per heavy atom. The van der Waals surface area contributed by atoms with Gasteiger partial charge in [-0.25, -0.2) is 4.39 Å². The lowest BCUT2D eigenvalue weighted by molar-refractivity contribution is -0.164. The zero-order valence-electron chi connectivity index (χ0n) is 13.9. The summed E-state index contributed by atoms with van der Waals surface area (Å²) < 4.78 is 20.2. The van der Waals surface area contributed by atoms with Gasteiger partial charge in [-0.1, -0.05) is 0 Å². The number of rotatable bonds is 3. The summed E-state index contributed by atoms with van der Waals surface area (Å²) >= 11 is 0. The molecule has 2 saturated heterocycles. The van der Waals surface area contributed by atoms with Crippen molar-refractivity contribution in [2.75, 3.05) is 32.8 Å². The molecule has 1 aromatic heterocycles. The predicted molar refractivity (Wildman–Crippen MR) is 87.1 cm³/mol. The third kappa shape index (κ3) is 3.17. The number of likely N-dealkylation sites (tertiary alicyclic amines) is 1. The average Bonchev–Trinajstić information content (AvgIpc) is 3.36. The number of alkyl halides is 1. The molecule has 6 heteroatoms. The number of nitrogens with zero attached hydrogens (tertiary/aromatic N) is 3. The van der Waals surface area contributed by atoms with Crippen molar-refractivity contribution < 1.29 is 13.9 Å². The van der Waals surface area contributed by atoms with Gasteiger partial charge in [-0.15, -0.1) is 0 Å². The summed E-state index contributed by atoms with van der Waals surface area (Å²) in [5.41, 5.74) is -0.593. The van der Waals surface area contributed by atoms with Crippen LogP contribution in [0.25, 0.3) is 0 Å². The second kappa shape index (κ2) is 6.08. The lowest BCUT2D eigenvalue weighted by Gasteiger charge is -2.47. The van der Waals surface area contributed by atoms with Crippen LogP contribution in [0.4, 0.5) is 4.39 Å². The van der Waals surface area contributed by atoms with Crippen molar-refractivity contribution in [2.24, 2.45) is 0 Å². The molecule has 0 unspecified atom stereocenters. The van der Waals surface area contributed by atoms with Crippen LogP contribution in [0.3, 0.4) is 0 Å².